The number of carbonyl (C=O) groups is 1. The third-order valence-electron chi connectivity index (χ3n) is 4.23. The fourth-order valence-electron chi connectivity index (χ4n) is 2.73. The van der Waals surface area contributed by atoms with E-state index in [1.54, 1.807) is 44.6 Å². The Labute approximate surface area is 166 Å². The number of anilines is 1. The molecule has 0 fully saturated rings. The molecule has 0 saturated heterocycles. The number of hydrogen-bond acceptors (Lipinski definition) is 4. The Morgan fingerprint density at radius 1 is 1.07 bits per heavy atom. The molecule has 140 valence electrons. The molecule has 0 aliphatic carbocycles. The number of carbonyl (C=O) groups excluding carboxylic acids is 1. The lowest BCUT2D eigenvalue weighted by Crippen LogP contribution is -2.13. The molecule has 1 aromatic heterocycles. The van der Waals surface area contributed by atoms with Crippen LogP contribution in [0.5, 0.6) is 11.5 Å². The van der Waals surface area contributed by atoms with Crippen LogP contribution in [-0.2, 0) is 0 Å². The van der Waals surface area contributed by atoms with E-state index in [0.29, 0.717) is 22.7 Å². The molecule has 0 aliphatic rings. The number of aryl methyl sites for hydroxylation is 1. The van der Waals surface area contributed by atoms with E-state index in [2.05, 4.69) is 26.3 Å². The van der Waals surface area contributed by atoms with Crippen LogP contribution in [0.1, 0.15) is 21.7 Å². The first-order valence-corrected chi connectivity index (χ1v) is 9.09. The maximum Gasteiger partial charge on any atom is 0.255 e. The fourth-order valence-corrected chi connectivity index (χ4v) is 2.97. The summed E-state index contributed by atoms with van der Waals surface area (Å²) in [6.07, 6.45) is 0. The van der Waals surface area contributed by atoms with Crippen molar-refractivity contribution in [2.75, 3.05) is 19.5 Å². The molecule has 0 atom stereocenters. The van der Waals surface area contributed by atoms with E-state index in [-0.39, 0.29) is 5.91 Å². The highest BCUT2D eigenvalue weighted by molar-refractivity contribution is 9.10. The van der Waals surface area contributed by atoms with Crippen molar-refractivity contribution in [3.05, 3.63) is 63.9 Å². The van der Waals surface area contributed by atoms with Crippen LogP contribution in [0, 0.1) is 13.8 Å². The molecular weight excluding hydrogens is 410 g/mol. The normalized spacial score (nSPS) is 10.6. The highest BCUT2D eigenvalue weighted by Crippen LogP contribution is 2.29. The van der Waals surface area contributed by atoms with Gasteiger partial charge in [-0.25, -0.2) is 4.68 Å². The zero-order chi connectivity index (χ0) is 19.6. The SMILES string of the molecule is COc1ccc(NC(=O)c2ccc(-n3nc(C)c(Br)c3C)cc2)c(OC)c1. The Morgan fingerprint density at radius 2 is 1.78 bits per heavy atom. The van der Waals surface area contributed by atoms with E-state index in [1.807, 2.05) is 30.7 Å². The summed E-state index contributed by atoms with van der Waals surface area (Å²) in [7, 11) is 3.13. The predicted octanol–water partition coefficient (Wildman–Crippen LogP) is 4.52. The maximum absolute atomic E-state index is 12.6. The second-order valence-corrected chi connectivity index (χ2v) is 6.76. The van der Waals surface area contributed by atoms with Gasteiger partial charge in [0.2, 0.25) is 0 Å². The van der Waals surface area contributed by atoms with Crippen molar-refractivity contribution in [1.29, 1.82) is 0 Å². The quantitative estimate of drug-likeness (QED) is 0.647. The fraction of sp³-hybridized carbons (Fsp3) is 0.200. The van der Waals surface area contributed by atoms with Gasteiger partial charge in [0.1, 0.15) is 11.5 Å². The van der Waals surface area contributed by atoms with Crippen molar-refractivity contribution < 1.29 is 14.3 Å². The number of methoxy groups -OCH3 is 2. The van der Waals surface area contributed by atoms with Gasteiger partial charge < -0.3 is 14.8 Å². The number of aromatic nitrogens is 2. The Morgan fingerprint density at radius 3 is 2.33 bits per heavy atom. The highest BCUT2D eigenvalue weighted by Gasteiger charge is 2.13. The first kappa shape index (κ1) is 19.0. The molecule has 3 rings (SSSR count). The molecule has 1 amide bonds. The Hall–Kier alpha value is -2.80. The van der Waals surface area contributed by atoms with E-state index in [4.69, 9.17) is 9.47 Å². The minimum Gasteiger partial charge on any atom is -0.497 e. The van der Waals surface area contributed by atoms with Gasteiger partial charge in [-0.3, -0.25) is 4.79 Å². The number of halogens is 1. The van der Waals surface area contributed by atoms with Crippen LogP contribution in [-0.4, -0.2) is 29.9 Å². The molecule has 0 saturated carbocycles. The first-order valence-electron chi connectivity index (χ1n) is 8.30. The highest BCUT2D eigenvalue weighted by atomic mass is 79.9. The van der Waals surface area contributed by atoms with Gasteiger partial charge in [0, 0.05) is 11.6 Å². The molecule has 1 N–H and O–H groups in total. The zero-order valence-corrected chi connectivity index (χ0v) is 17.1. The largest absolute Gasteiger partial charge is 0.497 e. The predicted molar refractivity (Wildman–Crippen MR) is 108 cm³/mol. The average molecular weight is 430 g/mol. The number of rotatable bonds is 5. The first-order chi connectivity index (χ1) is 12.9. The number of benzene rings is 2. The van der Waals surface area contributed by atoms with Crippen LogP contribution < -0.4 is 14.8 Å². The van der Waals surface area contributed by atoms with Gasteiger partial charge in [-0.1, -0.05) is 0 Å². The van der Waals surface area contributed by atoms with E-state index >= 15 is 0 Å². The summed E-state index contributed by atoms with van der Waals surface area (Å²) in [5.41, 5.74) is 3.93. The van der Waals surface area contributed by atoms with Crippen molar-refractivity contribution >= 4 is 27.5 Å². The van der Waals surface area contributed by atoms with Crippen molar-refractivity contribution in [2.45, 2.75) is 13.8 Å². The van der Waals surface area contributed by atoms with Gasteiger partial charge >= 0.3 is 0 Å². The Balaban J connectivity index is 1.81. The standard InChI is InChI=1S/C20H20BrN3O3/c1-12-19(21)13(2)24(23-12)15-7-5-14(6-8-15)20(25)22-17-10-9-16(26-3)11-18(17)27-4/h5-11H,1-4H3,(H,22,25). The summed E-state index contributed by atoms with van der Waals surface area (Å²) in [5.74, 6) is 0.969. The molecule has 3 aromatic rings. The summed E-state index contributed by atoms with van der Waals surface area (Å²) >= 11 is 3.53. The third-order valence-corrected chi connectivity index (χ3v) is 5.38. The van der Waals surface area contributed by atoms with E-state index < -0.39 is 0 Å². The smallest absolute Gasteiger partial charge is 0.255 e. The molecule has 0 bridgehead atoms. The number of nitrogens with zero attached hydrogens (tertiary/aromatic N) is 2. The molecule has 27 heavy (non-hydrogen) atoms. The number of nitrogens with one attached hydrogen (secondary N) is 1. The number of ether oxygens (including phenoxy) is 2. The summed E-state index contributed by atoms with van der Waals surface area (Å²) in [5, 5.41) is 7.37. The van der Waals surface area contributed by atoms with Crippen molar-refractivity contribution in [1.82, 2.24) is 9.78 Å². The monoisotopic (exact) mass is 429 g/mol. The molecule has 0 aliphatic heterocycles. The van der Waals surface area contributed by atoms with Gasteiger partial charge in [-0.15, -0.1) is 0 Å². The molecule has 0 unspecified atom stereocenters. The van der Waals surface area contributed by atoms with E-state index in [9.17, 15) is 4.79 Å². The van der Waals surface area contributed by atoms with Crippen molar-refractivity contribution in [3.63, 3.8) is 0 Å². The molecule has 1 heterocycles. The van der Waals surface area contributed by atoms with Crippen LogP contribution in [0.15, 0.2) is 46.9 Å². The maximum atomic E-state index is 12.6. The van der Waals surface area contributed by atoms with Gasteiger partial charge in [0.25, 0.3) is 5.91 Å². The van der Waals surface area contributed by atoms with Crippen molar-refractivity contribution in [3.8, 4) is 17.2 Å². The van der Waals surface area contributed by atoms with Crippen LogP contribution in [0.3, 0.4) is 0 Å². The average Bonchev–Trinajstić information content (AvgIpc) is 2.95. The van der Waals surface area contributed by atoms with Crippen LogP contribution in [0.25, 0.3) is 5.69 Å². The van der Waals surface area contributed by atoms with Crippen molar-refractivity contribution in [2.24, 2.45) is 0 Å². The molecule has 0 spiro atoms. The topological polar surface area (TPSA) is 65.4 Å². The van der Waals surface area contributed by atoms with Gasteiger partial charge in [-0.2, -0.15) is 5.10 Å². The van der Waals surface area contributed by atoms with Crippen LogP contribution in [0.4, 0.5) is 5.69 Å². The second-order valence-electron chi connectivity index (χ2n) is 5.96. The van der Waals surface area contributed by atoms with E-state index in [1.165, 1.54) is 0 Å². The van der Waals surface area contributed by atoms with Crippen LogP contribution in [0.2, 0.25) is 0 Å². The summed E-state index contributed by atoms with van der Waals surface area (Å²) in [6.45, 7) is 3.93. The second kappa shape index (κ2) is 7.84. The van der Waals surface area contributed by atoms with Crippen LogP contribution >= 0.6 is 15.9 Å². The minimum atomic E-state index is -0.223. The number of hydrogen-bond donors (Lipinski definition) is 1. The molecule has 7 heteroatoms. The lowest BCUT2D eigenvalue weighted by Gasteiger charge is -2.12. The Kier molecular flexibility index (Phi) is 5.51. The zero-order valence-electron chi connectivity index (χ0n) is 15.5. The summed E-state index contributed by atoms with van der Waals surface area (Å²) < 4.78 is 13.3. The summed E-state index contributed by atoms with van der Waals surface area (Å²) in [4.78, 5) is 12.6. The molecule has 6 nitrogen and oxygen atoms in total. The summed E-state index contributed by atoms with van der Waals surface area (Å²) in [6, 6.07) is 12.5. The number of amides is 1. The molecule has 2 aromatic carbocycles. The third kappa shape index (κ3) is 3.83. The lowest BCUT2D eigenvalue weighted by atomic mass is 10.2. The van der Waals surface area contributed by atoms with Gasteiger partial charge in [-0.05, 0) is 66.2 Å². The lowest BCUT2D eigenvalue weighted by molar-refractivity contribution is 0.102. The van der Waals surface area contributed by atoms with Gasteiger partial charge in [0.05, 0.1) is 41.5 Å². The van der Waals surface area contributed by atoms with Gasteiger partial charge in [0.15, 0.2) is 0 Å². The van der Waals surface area contributed by atoms with E-state index in [0.717, 1.165) is 21.5 Å². The Bertz CT molecular complexity index is 981. The molecular formula is C20H20BrN3O3. The minimum absolute atomic E-state index is 0.223. The molecule has 0 radical (unpaired) electrons.